The fraction of sp³-hybridized carbons (Fsp3) is 0.517. The molecule has 0 radical (unpaired) electrons. The molecule has 2 aromatic rings. The summed E-state index contributed by atoms with van der Waals surface area (Å²) in [5.74, 6) is -0.934. The molecule has 0 bridgehead atoms. The molecule has 2 aromatic carbocycles. The number of ketones is 1. The Morgan fingerprint density at radius 1 is 1.03 bits per heavy atom. The molecule has 0 amide bonds. The van der Waals surface area contributed by atoms with Crippen LogP contribution in [0.2, 0.25) is 0 Å². The Hall–Kier alpha value is -2.36. The van der Waals surface area contributed by atoms with Gasteiger partial charge in [0.25, 0.3) is 0 Å². The van der Waals surface area contributed by atoms with Crippen molar-refractivity contribution in [2.45, 2.75) is 92.9 Å². The average Bonchev–Trinajstić information content (AvgIpc) is 2.79. The van der Waals surface area contributed by atoms with Crippen molar-refractivity contribution in [3.05, 3.63) is 65.2 Å². The van der Waals surface area contributed by atoms with Gasteiger partial charge in [0, 0.05) is 24.1 Å². The smallest absolute Gasteiger partial charge is 0.163 e. The number of carbonyl (C=O) groups excluding carboxylic acids is 1. The molecule has 0 N–H and O–H groups in total. The molecule has 2 nitrogen and oxygen atoms in total. The number of Topliss-reactive ketones (excluding diaryl/α,β-unsaturated/α-hetero) is 1. The van der Waals surface area contributed by atoms with Gasteiger partial charge in [-0.05, 0) is 62.1 Å². The third-order valence-electron chi connectivity index (χ3n) is 6.14. The number of hydrogen-bond donors (Lipinski definition) is 0. The maximum Gasteiger partial charge on any atom is 0.163 e. The average molecular weight is 458 g/mol. The lowest BCUT2D eigenvalue weighted by Gasteiger charge is -2.33. The SMILES string of the molecule is CC1(C)CCC1.CCC(=O)CC(C)c1ccccc1.CCC(C)=Nc1ccc(F)c(F)c1C. The van der Waals surface area contributed by atoms with Crippen LogP contribution < -0.4 is 0 Å². The van der Waals surface area contributed by atoms with Crippen LogP contribution in [-0.2, 0) is 4.79 Å². The fourth-order valence-corrected chi connectivity index (χ4v) is 3.32. The third kappa shape index (κ3) is 10.4. The normalized spacial score (nSPS) is 15.2. The first-order valence-corrected chi connectivity index (χ1v) is 12.1. The topological polar surface area (TPSA) is 29.4 Å². The zero-order valence-electron chi connectivity index (χ0n) is 21.5. The minimum Gasteiger partial charge on any atom is -0.300 e. The van der Waals surface area contributed by atoms with Gasteiger partial charge in [0.05, 0.1) is 5.69 Å². The highest BCUT2D eigenvalue weighted by Gasteiger charge is 2.25. The summed E-state index contributed by atoms with van der Waals surface area (Å²) in [6.45, 7) is 14.0. The molecule has 1 aliphatic rings. The zero-order valence-corrected chi connectivity index (χ0v) is 21.5. The van der Waals surface area contributed by atoms with E-state index in [-0.39, 0.29) is 5.56 Å². The van der Waals surface area contributed by atoms with E-state index < -0.39 is 11.6 Å². The number of nitrogens with zero attached hydrogens (tertiary/aromatic N) is 1. The molecule has 1 unspecified atom stereocenters. The Bertz CT molecular complexity index is 897. The number of carbonyl (C=O) groups is 1. The quantitative estimate of drug-likeness (QED) is 0.398. The van der Waals surface area contributed by atoms with Crippen molar-refractivity contribution in [3.63, 3.8) is 0 Å². The summed E-state index contributed by atoms with van der Waals surface area (Å²) < 4.78 is 25.9. The second-order valence-electron chi connectivity index (χ2n) is 9.63. The van der Waals surface area contributed by atoms with Gasteiger partial charge >= 0.3 is 0 Å². The Kier molecular flexibility index (Phi) is 12.2. The van der Waals surface area contributed by atoms with Gasteiger partial charge in [0.1, 0.15) is 5.78 Å². The van der Waals surface area contributed by atoms with Gasteiger partial charge in [0.2, 0.25) is 0 Å². The molecule has 182 valence electrons. The summed E-state index contributed by atoms with van der Waals surface area (Å²) >= 11 is 0. The van der Waals surface area contributed by atoms with Crippen molar-refractivity contribution in [2.75, 3.05) is 0 Å². The maximum absolute atomic E-state index is 13.1. The lowest BCUT2D eigenvalue weighted by molar-refractivity contribution is -0.119. The van der Waals surface area contributed by atoms with Gasteiger partial charge in [0.15, 0.2) is 11.6 Å². The van der Waals surface area contributed by atoms with E-state index in [0.29, 0.717) is 30.2 Å². The van der Waals surface area contributed by atoms with Crippen molar-refractivity contribution in [2.24, 2.45) is 10.4 Å². The lowest BCUT2D eigenvalue weighted by atomic mass is 9.72. The van der Waals surface area contributed by atoms with Gasteiger partial charge in [-0.25, -0.2) is 8.78 Å². The predicted molar refractivity (Wildman–Crippen MR) is 137 cm³/mol. The second kappa shape index (κ2) is 14.0. The number of hydrogen-bond acceptors (Lipinski definition) is 2. The Morgan fingerprint density at radius 3 is 2.06 bits per heavy atom. The van der Waals surface area contributed by atoms with E-state index in [9.17, 15) is 13.6 Å². The molecule has 1 aliphatic carbocycles. The number of aliphatic imine (C=N–C) groups is 1. The van der Waals surface area contributed by atoms with Gasteiger partial charge in [-0.3, -0.25) is 9.79 Å². The van der Waals surface area contributed by atoms with Crippen LogP contribution in [0.4, 0.5) is 14.5 Å². The van der Waals surface area contributed by atoms with Crippen LogP contribution in [0.15, 0.2) is 47.5 Å². The molecule has 0 saturated heterocycles. The van der Waals surface area contributed by atoms with Crippen LogP contribution in [0.5, 0.6) is 0 Å². The summed E-state index contributed by atoms with van der Waals surface area (Å²) in [6, 6.07) is 12.8. The molecular formula is C29H41F2NO. The largest absolute Gasteiger partial charge is 0.300 e. The number of halogens is 2. The van der Waals surface area contributed by atoms with Crippen LogP contribution in [0.1, 0.15) is 97.1 Å². The molecule has 4 heteroatoms. The number of benzene rings is 2. The zero-order chi connectivity index (χ0) is 25.0. The standard InChI is InChI=1S/C12H16O.C11H13F2N.C6H12/c1-3-12(13)9-10(2)11-7-5-4-6-8-11;1-4-7(2)14-10-6-5-9(12)11(13)8(10)3;1-6(2)4-3-5-6/h4-8,10H,3,9H2,1-2H3;5-6H,4H2,1-3H3;3-5H2,1-2H3. The molecule has 0 spiro atoms. The van der Waals surface area contributed by atoms with Gasteiger partial charge in [-0.15, -0.1) is 0 Å². The highest BCUT2D eigenvalue weighted by Crippen LogP contribution is 2.38. The van der Waals surface area contributed by atoms with Crippen LogP contribution in [0.25, 0.3) is 0 Å². The molecule has 3 rings (SSSR count). The highest BCUT2D eigenvalue weighted by molar-refractivity contribution is 5.84. The van der Waals surface area contributed by atoms with E-state index in [1.807, 2.05) is 39.0 Å². The summed E-state index contributed by atoms with van der Waals surface area (Å²) in [5.41, 5.74) is 3.64. The fourth-order valence-electron chi connectivity index (χ4n) is 3.32. The van der Waals surface area contributed by atoms with Gasteiger partial charge in [-0.1, -0.05) is 71.4 Å². The summed E-state index contributed by atoms with van der Waals surface area (Å²) in [4.78, 5) is 15.4. The van der Waals surface area contributed by atoms with E-state index in [4.69, 9.17) is 0 Å². The van der Waals surface area contributed by atoms with Crippen molar-refractivity contribution >= 4 is 17.2 Å². The molecule has 1 atom stereocenters. The molecule has 33 heavy (non-hydrogen) atoms. The lowest BCUT2D eigenvalue weighted by Crippen LogP contribution is -2.20. The number of rotatable bonds is 6. The minimum atomic E-state index is -0.824. The van der Waals surface area contributed by atoms with E-state index in [1.54, 1.807) is 0 Å². The van der Waals surface area contributed by atoms with E-state index in [2.05, 4.69) is 37.9 Å². The van der Waals surface area contributed by atoms with Gasteiger partial charge in [-0.2, -0.15) is 0 Å². The minimum absolute atomic E-state index is 0.262. The molecule has 1 fully saturated rings. The van der Waals surface area contributed by atoms with Crippen molar-refractivity contribution in [1.82, 2.24) is 0 Å². The van der Waals surface area contributed by atoms with Gasteiger partial charge < -0.3 is 0 Å². The van der Waals surface area contributed by atoms with Crippen molar-refractivity contribution < 1.29 is 13.6 Å². The van der Waals surface area contributed by atoms with Crippen LogP contribution in [0.3, 0.4) is 0 Å². The molecular weight excluding hydrogens is 416 g/mol. The summed E-state index contributed by atoms with van der Waals surface area (Å²) in [5, 5.41) is 0. The van der Waals surface area contributed by atoms with E-state index >= 15 is 0 Å². The molecule has 0 heterocycles. The van der Waals surface area contributed by atoms with Crippen molar-refractivity contribution in [1.29, 1.82) is 0 Å². The monoisotopic (exact) mass is 457 g/mol. The van der Waals surface area contributed by atoms with Crippen LogP contribution >= 0.6 is 0 Å². The van der Waals surface area contributed by atoms with Crippen LogP contribution in [0, 0.1) is 24.0 Å². The summed E-state index contributed by atoms with van der Waals surface area (Å²) in [7, 11) is 0. The van der Waals surface area contributed by atoms with Crippen LogP contribution in [-0.4, -0.2) is 11.5 Å². The van der Waals surface area contributed by atoms with E-state index in [0.717, 1.165) is 23.6 Å². The predicted octanol–water partition coefficient (Wildman–Crippen LogP) is 9.13. The highest BCUT2D eigenvalue weighted by atomic mass is 19.2. The second-order valence-corrected chi connectivity index (χ2v) is 9.63. The third-order valence-corrected chi connectivity index (χ3v) is 6.14. The first-order chi connectivity index (χ1) is 15.5. The van der Waals surface area contributed by atoms with Crippen molar-refractivity contribution in [3.8, 4) is 0 Å². The Balaban J connectivity index is 0.000000265. The molecule has 0 aromatic heterocycles. The first-order valence-electron chi connectivity index (χ1n) is 12.1. The van der Waals surface area contributed by atoms with E-state index in [1.165, 1.54) is 37.8 Å². The molecule has 1 saturated carbocycles. The molecule has 0 aliphatic heterocycles. The Morgan fingerprint density at radius 2 is 1.61 bits per heavy atom. The first kappa shape index (κ1) is 28.7. The maximum atomic E-state index is 13.1. The Labute approximate surface area is 199 Å². The summed E-state index contributed by atoms with van der Waals surface area (Å²) in [6.07, 6.45) is 6.49.